The van der Waals surface area contributed by atoms with E-state index in [1.54, 1.807) is 4.57 Å². The second kappa shape index (κ2) is 10.3. The molecule has 0 aliphatic heterocycles. The highest BCUT2D eigenvalue weighted by molar-refractivity contribution is 7.12. The maximum atomic E-state index is 13.8. The minimum absolute atomic E-state index is 0.0199. The number of unbranched alkanes of at least 4 members (excludes halogenated alkanes) is 2. The molecule has 2 heterocycles. The van der Waals surface area contributed by atoms with Crippen LogP contribution in [0.5, 0.6) is 0 Å². The Morgan fingerprint density at radius 2 is 1.88 bits per heavy atom. The van der Waals surface area contributed by atoms with Crippen LogP contribution in [-0.2, 0) is 0 Å². The average Bonchev–Trinajstić information content (AvgIpc) is 3.38. The number of carbonyl (C=O) groups is 1. The summed E-state index contributed by atoms with van der Waals surface area (Å²) in [4.78, 5) is 34.9. The number of hydrogen-bond donors (Lipinski definition) is 0. The van der Waals surface area contributed by atoms with Gasteiger partial charge in [0.05, 0.1) is 27.5 Å². The van der Waals surface area contributed by atoms with Crippen LogP contribution in [0.15, 0.2) is 64.8 Å². The monoisotopic (exact) mass is 473 g/mol. The summed E-state index contributed by atoms with van der Waals surface area (Å²) in [5.74, 6) is 0.562. The van der Waals surface area contributed by atoms with Crippen LogP contribution >= 0.6 is 11.3 Å². The van der Waals surface area contributed by atoms with Crippen molar-refractivity contribution in [3.05, 3.63) is 92.2 Å². The first-order chi connectivity index (χ1) is 16.4. The highest BCUT2D eigenvalue weighted by atomic mass is 32.1. The van der Waals surface area contributed by atoms with Crippen molar-refractivity contribution in [1.29, 1.82) is 0 Å². The first kappa shape index (κ1) is 23.9. The van der Waals surface area contributed by atoms with E-state index in [9.17, 15) is 9.59 Å². The predicted octanol–water partition coefficient (Wildman–Crippen LogP) is 6.46. The number of thiophene rings is 1. The fourth-order valence-electron chi connectivity index (χ4n) is 4.31. The van der Waals surface area contributed by atoms with Crippen molar-refractivity contribution < 1.29 is 4.79 Å². The molecule has 0 saturated carbocycles. The number of para-hydroxylation sites is 1. The Labute approximate surface area is 204 Å². The zero-order valence-corrected chi connectivity index (χ0v) is 21.1. The van der Waals surface area contributed by atoms with Gasteiger partial charge in [-0.15, -0.1) is 11.3 Å². The molecular formula is C28H31N3O2S. The number of nitrogens with zero attached hydrogens (tertiary/aromatic N) is 3. The van der Waals surface area contributed by atoms with E-state index in [0.29, 0.717) is 28.1 Å². The number of carbonyl (C=O) groups excluding carboxylic acids is 1. The lowest BCUT2D eigenvalue weighted by atomic mass is 10.1. The zero-order chi connectivity index (χ0) is 24.2. The topological polar surface area (TPSA) is 55.2 Å². The summed E-state index contributed by atoms with van der Waals surface area (Å²) in [6.45, 7) is 8.76. The van der Waals surface area contributed by atoms with E-state index in [0.717, 1.165) is 36.1 Å². The Morgan fingerprint density at radius 3 is 2.62 bits per heavy atom. The Kier molecular flexibility index (Phi) is 7.27. The molecule has 6 heteroatoms. The molecule has 1 unspecified atom stereocenters. The van der Waals surface area contributed by atoms with E-state index in [1.165, 1.54) is 11.3 Å². The molecule has 5 nitrogen and oxygen atoms in total. The van der Waals surface area contributed by atoms with Crippen LogP contribution in [0.4, 0.5) is 0 Å². The first-order valence-electron chi connectivity index (χ1n) is 11.9. The maximum absolute atomic E-state index is 13.8. The fourth-order valence-corrected chi connectivity index (χ4v) is 4.99. The molecular weight excluding hydrogens is 442 g/mol. The molecule has 0 spiro atoms. The summed E-state index contributed by atoms with van der Waals surface area (Å²) in [6, 6.07) is 16.9. The molecule has 1 atom stereocenters. The lowest BCUT2D eigenvalue weighted by molar-refractivity contribution is 0.0682. The summed E-state index contributed by atoms with van der Waals surface area (Å²) >= 11 is 1.44. The highest BCUT2D eigenvalue weighted by Gasteiger charge is 2.28. The Hall–Kier alpha value is -3.25. The number of amides is 1. The van der Waals surface area contributed by atoms with Crippen LogP contribution in [0.3, 0.4) is 0 Å². The summed E-state index contributed by atoms with van der Waals surface area (Å²) < 4.78 is 1.71. The normalized spacial score (nSPS) is 12.1. The number of hydrogen-bond acceptors (Lipinski definition) is 4. The van der Waals surface area contributed by atoms with Gasteiger partial charge >= 0.3 is 0 Å². The number of aromatic nitrogens is 2. The van der Waals surface area contributed by atoms with E-state index in [-0.39, 0.29) is 17.5 Å². The predicted molar refractivity (Wildman–Crippen MR) is 140 cm³/mol. The lowest BCUT2D eigenvalue weighted by Gasteiger charge is -2.30. The van der Waals surface area contributed by atoms with Gasteiger partial charge in [-0.25, -0.2) is 4.98 Å². The van der Waals surface area contributed by atoms with Crippen LogP contribution in [-0.4, -0.2) is 26.9 Å². The van der Waals surface area contributed by atoms with Gasteiger partial charge in [0, 0.05) is 6.54 Å². The molecule has 2 aromatic carbocycles. The molecule has 0 bridgehead atoms. The molecule has 34 heavy (non-hydrogen) atoms. The Bertz CT molecular complexity index is 1360. The second-order valence-electron chi connectivity index (χ2n) is 8.78. The van der Waals surface area contributed by atoms with Gasteiger partial charge in [-0.05, 0) is 68.0 Å². The van der Waals surface area contributed by atoms with Crippen molar-refractivity contribution in [3.8, 4) is 5.69 Å². The van der Waals surface area contributed by atoms with E-state index < -0.39 is 0 Å². The van der Waals surface area contributed by atoms with Gasteiger partial charge in [0.1, 0.15) is 5.82 Å². The fraction of sp³-hybridized carbons (Fsp3) is 0.321. The van der Waals surface area contributed by atoms with Crippen molar-refractivity contribution in [3.63, 3.8) is 0 Å². The van der Waals surface area contributed by atoms with Crippen LogP contribution in [0.25, 0.3) is 16.6 Å². The SMILES string of the molecule is CCCCCN(C(=O)c1cccs1)C(C)c1nc2ccccc2c(=O)n1-c1cc(C)ccc1C. The third kappa shape index (κ3) is 4.68. The van der Waals surface area contributed by atoms with Crippen molar-refractivity contribution in [2.45, 2.75) is 53.0 Å². The molecule has 0 radical (unpaired) electrons. The standard InChI is InChI=1S/C28H31N3O2S/c1-5-6-9-16-30(28(33)25-13-10-17-34-25)21(4)26-29-23-12-8-7-11-22(23)27(32)31(26)24-18-19(2)14-15-20(24)3/h7-8,10-15,17-18,21H,5-6,9,16H2,1-4H3. The molecule has 4 rings (SSSR count). The highest BCUT2D eigenvalue weighted by Crippen LogP contribution is 2.27. The van der Waals surface area contributed by atoms with Crippen LogP contribution in [0, 0.1) is 13.8 Å². The summed E-state index contributed by atoms with van der Waals surface area (Å²) in [5, 5.41) is 2.49. The van der Waals surface area contributed by atoms with Gasteiger partial charge in [-0.3, -0.25) is 14.2 Å². The number of aryl methyl sites for hydroxylation is 2. The molecule has 1 amide bonds. The zero-order valence-electron chi connectivity index (χ0n) is 20.2. The van der Waals surface area contributed by atoms with Gasteiger partial charge in [0.25, 0.3) is 11.5 Å². The molecule has 0 aliphatic carbocycles. The van der Waals surface area contributed by atoms with Crippen molar-refractivity contribution in [2.75, 3.05) is 6.54 Å². The maximum Gasteiger partial charge on any atom is 0.266 e. The molecule has 0 aliphatic rings. The van der Waals surface area contributed by atoms with E-state index in [2.05, 4.69) is 6.92 Å². The van der Waals surface area contributed by atoms with Gasteiger partial charge in [0.15, 0.2) is 0 Å². The van der Waals surface area contributed by atoms with E-state index in [1.807, 2.05) is 85.6 Å². The van der Waals surface area contributed by atoms with E-state index in [4.69, 9.17) is 4.98 Å². The van der Waals surface area contributed by atoms with Crippen LogP contribution in [0.1, 0.15) is 65.8 Å². The second-order valence-corrected chi connectivity index (χ2v) is 9.72. The largest absolute Gasteiger partial charge is 0.328 e. The number of benzene rings is 2. The summed E-state index contributed by atoms with van der Waals surface area (Å²) in [7, 11) is 0. The van der Waals surface area contributed by atoms with Gasteiger partial charge in [-0.1, -0.05) is 50.1 Å². The van der Waals surface area contributed by atoms with Gasteiger partial charge in [-0.2, -0.15) is 0 Å². The molecule has 4 aromatic rings. The Morgan fingerprint density at radius 1 is 1.09 bits per heavy atom. The molecule has 0 saturated heterocycles. The summed E-state index contributed by atoms with van der Waals surface area (Å²) in [6.07, 6.45) is 3.01. The molecule has 2 aromatic heterocycles. The van der Waals surface area contributed by atoms with E-state index >= 15 is 0 Å². The van der Waals surface area contributed by atoms with Crippen molar-refractivity contribution in [2.24, 2.45) is 0 Å². The van der Waals surface area contributed by atoms with Crippen LogP contribution < -0.4 is 5.56 Å². The Balaban J connectivity index is 1.92. The van der Waals surface area contributed by atoms with Gasteiger partial charge < -0.3 is 4.90 Å². The van der Waals surface area contributed by atoms with Crippen molar-refractivity contribution in [1.82, 2.24) is 14.5 Å². The third-order valence-corrected chi connectivity index (χ3v) is 7.10. The average molecular weight is 474 g/mol. The third-order valence-electron chi connectivity index (χ3n) is 6.24. The minimum Gasteiger partial charge on any atom is -0.328 e. The molecule has 0 fully saturated rings. The lowest BCUT2D eigenvalue weighted by Crippen LogP contribution is -2.38. The minimum atomic E-state index is -0.385. The smallest absolute Gasteiger partial charge is 0.266 e. The number of rotatable bonds is 8. The molecule has 0 N–H and O–H groups in total. The quantitative estimate of drug-likeness (QED) is 0.276. The molecule has 176 valence electrons. The van der Waals surface area contributed by atoms with Gasteiger partial charge in [0.2, 0.25) is 0 Å². The number of fused-ring (bicyclic) bond motifs is 1. The van der Waals surface area contributed by atoms with Crippen molar-refractivity contribution >= 4 is 28.1 Å². The summed E-state index contributed by atoms with van der Waals surface area (Å²) in [5.41, 5.74) is 3.39. The first-order valence-corrected chi connectivity index (χ1v) is 12.7. The van der Waals surface area contributed by atoms with Crippen LogP contribution in [0.2, 0.25) is 0 Å².